The van der Waals surface area contributed by atoms with Crippen LogP contribution in [0.15, 0.2) is 0 Å². The van der Waals surface area contributed by atoms with E-state index in [0.29, 0.717) is 36.4 Å². The summed E-state index contributed by atoms with van der Waals surface area (Å²) in [5, 5.41) is 15.5. The summed E-state index contributed by atoms with van der Waals surface area (Å²) >= 11 is 0. The molecule has 0 radical (unpaired) electrons. The van der Waals surface area contributed by atoms with Crippen molar-refractivity contribution in [3.8, 4) is 0 Å². The SMILES string of the molecule is CC(C)CC(CCO)CNC(=O)NC1C2CCOC2C12CCC2. The van der Waals surface area contributed by atoms with Crippen LogP contribution >= 0.6 is 0 Å². The molecular formula is C18H32N2O3. The number of rotatable bonds is 7. The first-order valence-corrected chi connectivity index (χ1v) is 9.33. The van der Waals surface area contributed by atoms with Crippen LogP contribution in [-0.4, -0.2) is 43.0 Å². The van der Waals surface area contributed by atoms with E-state index in [4.69, 9.17) is 4.74 Å². The standard InChI is InChI=1S/C18H32N2O3/c1-12(2)10-13(4-8-21)11-19-17(22)20-15-14-5-9-23-16(14)18(15)6-3-7-18/h12-16,21H,3-11H2,1-2H3,(H2,19,20,22). The second-order valence-electron chi connectivity index (χ2n) is 8.17. The highest BCUT2D eigenvalue weighted by atomic mass is 16.5. The molecule has 3 fully saturated rings. The molecule has 23 heavy (non-hydrogen) atoms. The Kier molecular flexibility index (Phi) is 5.16. The van der Waals surface area contributed by atoms with Crippen molar-refractivity contribution >= 4 is 6.03 Å². The number of aliphatic hydroxyl groups excluding tert-OH is 1. The smallest absolute Gasteiger partial charge is 0.315 e. The minimum absolute atomic E-state index is 0.0432. The Morgan fingerprint density at radius 1 is 1.39 bits per heavy atom. The highest BCUT2D eigenvalue weighted by Gasteiger charge is 2.66. The molecule has 4 unspecified atom stereocenters. The molecule has 2 saturated carbocycles. The van der Waals surface area contributed by atoms with Crippen LogP contribution < -0.4 is 10.6 Å². The molecule has 0 bridgehead atoms. The minimum atomic E-state index is -0.0432. The molecule has 2 aliphatic carbocycles. The van der Waals surface area contributed by atoms with Crippen molar-refractivity contribution in [3.63, 3.8) is 0 Å². The highest BCUT2D eigenvalue weighted by Crippen LogP contribution is 2.62. The van der Waals surface area contributed by atoms with Gasteiger partial charge in [0.15, 0.2) is 0 Å². The Hall–Kier alpha value is -0.810. The van der Waals surface area contributed by atoms with Gasteiger partial charge in [-0.15, -0.1) is 0 Å². The molecule has 5 nitrogen and oxygen atoms in total. The van der Waals surface area contributed by atoms with Crippen LogP contribution in [0.2, 0.25) is 0 Å². The van der Waals surface area contributed by atoms with Crippen molar-refractivity contribution < 1.29 is 14.6 Å². The molecule has 1 aliphatic heterocycles. The van der Waals surface area contributed by atoms with Crippen molar-refractivity contribution in [3.05, 3.63) is 0 Å². The first-order chi connectivity index (χ1) is 11.1. The molecule has 1 spiro atoms. The van der Waals surface area contributed by atoms with E-state index >= 15 is 0 Å². The summed E-state index contributed by atoms with van der Waals surface area (Å²) in [6.45, 7) is 6.05. The molecule has 3 N–H and O–H groups in total. The van der Waals surface area contributed by atoms with E-state index in [1.165, 1.54) is 19.3 Å². The monoisotopic (exact) mass is 324 g/mol. The number of nitrogens with one attached hydrogen (secondary N) is 2. The Morgan fingerprint density at radius 2 is 2.17 bits per heavy atom. The molecule has 0 aromatic rings. The summed E-state index contributed by atoms with van der Waals surface area (Å²) in [5.41, 5.74) is 0.237. The normalized spacial score (nSPS) is 32.1. The first-order valence-electron chi connectivity index (χ1n) is 9.33. The molecular weight excluding hydrogens is 292 g/mol. The Bertz CT molecular complexity index is 422. The fourth-order valence-corrected chi connectivity index (χ4v) is 5.04. The average molecular weight is 324 g/mol. The van der Waals surface area contributed by atoms with Gasteiger partial charge in [-0.2, -0.15) is 0 Å². The first kappa shape index (κ1) is 17.0. The molecule has 5 heteroatoms. The average Bonchev–Trinajstić information content (AvgIpc) is 2.85. The third kappa shape index (κ3) is 3.22. The van der Waals surface area contributed by atoms with E-state index in [2.05, 4.69) is 24.5 Å². The summed E-state index contributed by atoms with van der Waals surface area (Å²) in [4.78, 5) is 12.3. The Labute approximate surface area is 139 Å². The molecule has 4 atom stereocenters. The van der Waals surface area contributed by atoms with E-state index in [1.807, 2.05) is 0 Å². The molecule has 0 aromatic heterocycles. The predicted octanol–water partition coefficient (Wildman–Crippen LogP) is 2.29. The number of aliphatic hydroxyl groups is 1. The van der Waals surface area contributed by atoms with Gasteiger partial charge in [-0.05, 0) is 43.9 Å². The second-order valence-corrected chi connectivity index (χ2v) is 8.17. The maximum Gasteiger partial charge on any atom is 0.315 e. The van der Waals surface area contributed by atoms with Gasteiger partial charge in [0.25, 0.3) is 0 Å². The van der Waals surface area contributed by atoms with Crippen LogP contribution in [0.25, 0.3) is 0 Å². The third-order valence-corrected chi connectivity index (χ3v) is 6.22. The molecule has 3 aliphatic rings. The van der Waals surface area contributed by atoms with Crippen LogP contribution in [0.4, 0.5) is 4.79 Å². The van der Waals surface area contributed by atoms with Gasteiger partial charge in [0.2, 0.25) is 0 Å². The van der Waals surface area contributed by atoms with Gasteiger partial charge < -0.3 is 20.5 Å². The van der Waals surface area contributed by atoms with E-state index in [9.17, 15) is 9.90 Å². The lowest BCUT2D eigenvalue weighted by Crippen LogP contribution is -2.72. The predicted molar refractivity (Wildman–Crippen MR) is 89.1 cm³/mol. The molecule has 1 heterocycles. The third-order valence-electron chi connectivity index (χ3n) is 6.22. The summed E-state index contributed by atoms with van der Waals surface area (Å²) in [7, 11) is 0. The lowest BCUT2D eigenvalue weighted by Gasteiger charge is -2.63. The summed E-state index contributed by atoms with van der Waals surface area (Å²) < 4.78 is 5.90. The zero-order chi connectivity index (χ0) is 16.4. The maximum absolute atomic E-state index is 12.3. The zero-order valence-corrected chi connectivity index (χ0v) is 14.5. The van der Waals surface area contributed by atoms with Crippen molar-refractivity contribution in [1.82, 2.24) is 10.6 Å². The summed E-state index contributed by atoms with van der Waals surface area (Å²) in [6.07, 6.45) is 6.91. The van der Waals surface area contributed by atoms with Crippen LogP contribution in [0.3, 0.4) is 0 Å². The summed E-state index contributed by atoms with van der Waals surface area (Å²) in [6, 6.07) is 0.253. The Morgan fingerprint density at radius 3 is 2.78 bits per heavy atom. The highest BCUT2D eigenvalue weighted by molar-refractivity contribution is 5.74. The van der Waals surface area contributed by atoms with Gasteiger partial charge in [-0.25, -0.2) is 4.79 Å². The van der Waals surface area contributed by atoms with Crippen molar-refractivity contribution in [2.75, 3.05) is 19.8 Å². The number of amides is 2. The molecule has 3 rings (SSSR count). The Balaban J connectivity index is 1.47. The fourth-order valence-electron chi connectivity index (χ4n) is 5.04. The maximum atomic E-state index is 12.3. The van der Waals surface area contributed by atoms with Gasteiger partial charge >= 0.3 is 6.03 Å². The number of hydrogen-bond donors (Lipinski definition) is 3. The van der Waals surface area contributed by atoms with Gasteiger partial charge in [0.05, 0.1) is 6.10 Å². The lowest BCUT2D eigenvalue weighted by atomic mass is 9.46. The number of carbonyl (C=O) groups is 1. The number of hydrogen-bond acceptors (Lipinski definition) is 3. The topological polar surface area (TPSA) is 70.6 Å². The van der Waals surface area contributed by atoms with Crippen molar-refractivity contribution in [1.29, 1.82) is 0 Å². The number of fused-ring (bicyclic) bond motifs is 2. The van der Waals surface area contributed by atoms with Gasteiger partial charge in [-0.3, -0.25) is 0 Å². The van der Waals surface area contributed by atoms with Crippen LogP contribution in [0.1, 0.15) is 52.4 Å². The van der Waals surface area contributed by atoms with Crippen LogP contribution in [0.5, 0.6) is 0 Å². The quantitative estimate of drug-likeness (QED) is 0.673. The minimum Gasteiger partial charge on any atom is -0.396 e. The molecule has 0 aromatic carbocycles. The number of urea groups is 1. The van der Waals surface area contributed by atoms with E-state index < -0.39 is 0 Å². The van der Waals surface area contributed by atoms with E-state index in [1.54, 1.807) is 0 Å². The summed E-state index contributed by atoms with van der Waals surface area (Å²) in [5.74, 6) is 1.45. The van der Waals surface area contributed by atoms with Crippen molar-refractivity contribution in [2.45, 2.75) is 64.5 Å². The van der Waals surface area contributed by atoms with E-state index in [0.717, 1.165) is 25.9 Å². The number of ether oxygens (including phenoxy) is 1. The molecule has 1 saturated heterocycles. The fraction of sp³-hybridized carbons (Fsp3) is 0.944. The second kappa shape index (κ2) is 6.98. The lowest BCUT2D eigenvalue weighted by molar-refractivity contribution is -0.172. The van der Waals surface area contributed by atoms with Gasteiger partial charge in [0.1, 0.15) is 0 Å². The van der Waals surface area contributed by atoms with E-state index in [-0.39, 0.29) is 18.1 Å². The van der Waals surface area contributed by atoms with Crippen molar-refractivity contribution in [2.24, 2.45) is 23.2 Å². The molecule has 2 amide bonds. The number of carbonyl (C=O) groups excluding carboxylic acids is 1. The molecule has 132 valence electrons. The largest absolute Gasteiger partial charge is 0.396 e. The van der Waals surface area contributed by atoms with Gasteiger partial charge in [0, 0.05) is 37.1 Å². The van der Waals surface area contributed by atoms with Gasteiger partial charge in [-0.1, -0.05) is 20.3 Å². The van der Waals surface area contributed by atoms with Crippen LogP contribution in [0, 0.1) is 23.2 Å². The van der Waals surface area contributed by atoms with Crippen LogP contribution in [-0.2, 0) is 4.74 Å². The zero-order valence-electron chi connectivity index (χ0n) is 14.5.